The lowest BCUT2D eigenvalue weighted by atomic mass is 10.3. The number of rotatable bonds is 7. The van der Waals surface area contributed by atoms with Crippen molar-refractivity contribution in [3.05, 3.63) is 33.5 Å². The predicted molar refractivity (Wildman–Crippen MR) is 95.7 cm³/mol. The molecule has 2 heterocycles. The molecule has 0 saturated heterocycles. The molecule has 0 bridgehead atoms. The van der Waals surface area contributed by atoms with Crippen molar-refractivity contribution in [1.29, 1.82) is 0 Å². The van der Waals surface area contributed by atoms with E-state index in [4.69, 9.17) is 0 Å². The summed E-state index contributed by atoms with van der Waals surface area (Å²) < 4.78 is 1.97. The second kappa shape index (κ2) is 8.67. The van der Waals surface area contributed by atoms with Gasteiger partial charge >= 0.3 is 0 Å². The maximum atomic E-state index is 4.64. The first-order valence-corrected chi connectivity index (χ1v) is 8.89. The highest BCUT2D eigenvalue weighted by atomic mass is 32.1. The average molecular weight is 334 g/mol. The summed E-state index contributed by atoms with van der Waals surface area (Å²) in [4.78, 5) is 5.98. The van der Waals surface area contributed by atoms with Crippen molar-refractivity contribution in [2.24, 2.45) is 12.0 Å². The molecule has 0 aliphatic heterocycles. The van der Waals surface area contributed by atoms with Gasteiger partial charge in [0.25, 0.3) is 0 Å². The van der Waals surface area contributed by atoms with E-state index >= 15 is 0 Å². The SMILES string of the molecule is CCCCNC(=NCc1nnc(C)n1C)NCc1sccc1C. The zero-order valence-electron chi connectivity index (χ0n) is 14.4. The molecule has 7 heteroatoms. The summed E-state index contributed by atoms with van der Waals surface area (Å²) in [5, 5.41) is 17.1. The van der Waals surface area contributed by atoms with Crippen LogP contribution in [0.3, 0.4) is 0 Å². The van der Waals surface area contributed by atoms with Gasteiger partial charge in [-0.2, -0.15) is 0 Å². The monoisotopic (exact) mass is 334 g/mol. The Kier molecular flexibility index (Phi) is 6.58. The van der Waals surface area contributed by atoms with Crippen LogP contribution in [0, 0.1) is 13.8 Å². The van der Waals surface area contributed by atoms with Crippen molar-refractivity contribution < 1.29 is 0 Å². The number of nitrogens with one attached hydrogen (secondary N) is 2. The Morgan fingerprint density at radius 2 is 2.13 bits per heavy atom. The summed E-state index contributed by atoms with van der Waals surface area (Å²) in [5.74, 6) is 2.59. The molecular formula is C16H26N6S. The van der Waals surface area contributed by atoms with Crippen LogP contribution in [0.5, 0.6) is 0 Å². The smallest absolute Gasteiger partial charge is 0.192 e. The number of aliphatic imine (C=N–C) groups is 1. The lowest BCUT2D eigenvalue weighted by Crippen LogP contribution is -2.37. The van der Waals surface area contributed by atoms with Crippen LogP contribution in [0.25, 0.3) is 0 Å². The highest BCUT2D eigenvalue weighted by Crippen LogP contribution is 2.14. The van der Waals surface area contributed by atoms with Crippen LogP contribution >= 0.6 is 11.3 Å². The van der Waals surface area contributed by atoms with Crippen LogP contribution in [0.15, 0.2) is 16.4 Å². The van der Waals surface area contributed by atoms with Gasteiger partial charge in [-0.25, -0.2) is 4.99 Å². The number of hydrogen-bond donors (Lipinski definition) is 2. The van der Waals surface area contributed by atoms with E-state index in [1.165, 1.54) is 10.4 Å². The first-order valence-electron chi connectivity index (χ1n) is 8.01. The minimum Gasteiger partial charge on any atom is -0.356 e. The van der Waals surface area contributed by atoms with Crippen molar-refractivity contribution in [3.63, 3.8) is 0 Å². The standard InChI is InChI=1S/C16H26N6S/c1-5-6-8-17-16(18-10-14-12(2)7-9-23-14)19-11-15-21-20-13(3)22(15)4/h7,9H,5-6,8,10-11H2,1-4H3,(H2,17,18,19). The fourth-order valence-electron chi connectivity index (χ4n) is 2.05. The quantitative estimate of drug-likeness (QED) is 0.464. The van der Waals surface area contributed by atoms with E-state index < -0.39 is 0 Å². The van der Waals surface area contributed by atoms with E-state index in [2.05, 4.69) is 51.1 Å². The number of aryl methyl sites for hydroxylation is 2. The fraction of sp³-hybridized carbons (Fsp3) is 0.562. The molecule has 0 radical (unpaired) electrons. The molecule has 0 fully saturated rings. The van der Waals surface area contributed by atoms with Crippen LogP contribution in [0.1, 0.15) is 41.9 Å². The van der Waals surface area contributed by atoms with Gasteiger partial charge in [0.05, 0.1) is 6.54 Å². The molecule has 2 aromatic rings. The van der Waals surface area contributed by atoms with E-state index in [1.807, 2.05) is 18.5 Å². The molecule has 126 valence electrons. The Morgan fingerprint density at radius 1 is 1.30 bits per heavy atom. The highest BCUT2D eigenvalue weighted by molar-refractivity contribution is 7.10. The summed E-state index contributed by atoms with van der Waals surface area (Å²) in [6.07, 6.45) is 2.29. The van der Waals surface area contributed by atoms with E-state index in [1.54, 1.807) is 11.3 Å². The molecule has 0 saturated carbocycles. The second-order valence-corrected chi connectivity index (χ2v) is 6.55. The van der Waals surface area contributed by atoms with Crippen LogP contribution in [-0.4, -0.2) is 27.3 Å². The first-order chi connectivity index (χ1) is 11.1. The van der Waals surface area contributed by atoms with Gasteiger partial charge in [-0.15, -0.1) is 21.5 Å². The van der Waals surface area contributed by atoms with E-state index in [9.17, 15) is 0 Å². The summed E-state index contributed by atoms with van der Waals surface area (Å²) in [7, 11) is 1.97. The minimum absolute atomic E-state index is 0.516. The van der Waals surface area contributed by atoms with Crippen molar-refractivity contribution in [2.45, 2.75) is 46.7 Å². The summed E-state index contributed by atoms with van der Waals surface area (Å²) in [5.41, 5.74) is 1.32. The van der Waals surface area contributed by atoms with Crippen molar-refractivity contribution in [3.8, 4) is 0 Å². The maximum Gasteiger partial charge on any atom is 0.192 e. The van der Waals surface area contributed by atoms with E-state index in [0.717, 1.165) is 43.5 Å². The number of guanidine groups is 1. The van der Waals surface area contributed by atoms with Crippen LogP contribution in [0.4, 0.5) is 0 Å². The van der Waals surface area contributed by atoms with E-state index in [-0.39, 0.29) is 0 Å². The lowest BCUT2D eigenvalue weighted by Gasteiger charge is -2.12. The third-order valence-electron chi connectivity index (χ3n) is 3.77. The molecule has 0 aliphatic rings. The van der Waals surface area contributed by atoms with Gasteiger partial charge in [0.15, 0.2) is 11.8 Å². The second-order valence-electron chi connectivity index (χ2n) is 5.55. The molecule has 2 N–H and O–H groups in total. The Labute approximate surface area is 142 Å². The molecule has 0 atom stereocenters. The summed E-state index contributed by atoms with van der Waals surface area (Å²) in [6.45, 7) is 8.49. The Morgan fingerprint density at radius 3 is 2.74 bits per heavy atom. The minimum atomic E-state index is 0.516. The molecular weight excluding hydrogens is 308 g/mol. The van der Waals surface area contributed by atoms with Gasteiger partial charge in [-0.05, 0) is 37.3 Å². The predicted octanol–water partition coefficient (Wildman–Crippen LogP) is 2.53. The third-order valence-corrected chi connectivity index (χ3v) is 4.79. The molecule has 0 unspecified atom stereocenters. The molecule has 0 amide bonds. The molecule has 23 heavy (non-hydrogen) atoms. The topological polar surface area (TPSA) is 67.1 Å². The van der Waals surface area contributed by atoms with E-state index in [0.29, 0.717) is 6.54 Å². The zero-order chi connectivity index (χ0) is 16.7. The van der Waals surface area contributed by atoms with Gasteiger partial charge < -0.3 is 15.2 Å². The van der Waals surface area contributed by atoms with Crippen LogP contribution in [0.2, 0.25) is 0 Å². The largest absolute Gasteiger partial charge is 0.356 e. The Balaban J connectivity index is 1.99. The number of thiophene rings is 1. The Bertz CT molecular complexity index is 643. The molecule has 6 nitrogen and oxygen atoms in total. The number of hydrogen-bond acceptors (Lipinski definition) is 4. The maximum absolute atomic E-state index is 4.64. The number of unbranched alkanes of at least 4 members (excludes halogenated alkanes) is 1. The highest BCUT2D eigenvalue weighted by Gasteiger charge is 2.06. The first kappa shape index (κ1) is 17.5. The number of aromatic nitrogens is 3. The molecule has 0 spiro atoms. The molecule has 2 rings (SSSR count). The van der Waals surface area contributed by atoms with Gasteiger partial charge in [0.2, 0.25) is 0 Å². The van der Waals surface area contributed by atoms with Crippen molar-refractivity contribution in [2.75, 3.05) is 6.54 Å². The van der Waals surface area contributed by atoms with Crippen LogP contribution < -0.4 is 10.6 Å². The normalized spacial score (nSPS) is 11.7. The summed E-state index contributed by atoms with van der Waals surface area (Å²) >= 11 is 1.77. The van der Waals surface area contributed by atoms with Gasteiger partial charge in [0, 0.05) is 18.5 Å². The molecule has 0 aromatic carbocycles. The average Bonchev–Trinajstić information content (AvgIpc) is 3.09. The van der Waals surface area contributed by atoms with Crippen molar-refractivity contribution in [1.82, 2.24) is 25.4 Å². The molecule has 0 aliphatic carbocycles. The molecule has 2 aromatic heterocycles. The summed E-state index contributed by atoms with van der Waals surface area (Å²) in [6, 6.07) is 2.14. The van der Waals surface area contributed by atoms with Gasteiger partial charge in [-0.1, -0.05) is 13.3 Å². The zero-order valence-corrected chi connectivity index (χ0v) is 15.2. The fourth-order valence-corrected chi connectivity index (χ4v) is 2.89. The van der Waals surface area contributed by atoms with Gasteiger partial charge in [0.1, 0.15) is 12.4 Å². The number of nitrogens with zero attached hydrogens (tertiary/aromatic N) is 4. The lowest BCUT2D eigenvalue weighted by molar-refractivity contribution is 0.717. The Hall–Kier alpha value is -1.89. The van der Waals surface area contributed by atoms with Crippen LogP contribution in [-0.2, 0) is 20.1 Å². The third kappa shape index (κ3) is 5.06. The van der Waals surface area contributed by atoms with Crippen molar-refractivity contribution >= 4 is 17.3 Å². The van der Waals surface area contributed by atoms with Gasteiger partial charge in [-0.3, -0.25) is 0 Å².